The minimum Gasteiger partial charge on any atom is -0.494 e. The van der Waals surface area contributed by atoms with E-state index in [0.717, 1.165) is 20.8 Å². The van der Waals surface area contributed by atoms with Gasteiger partial charge in [0.2, 0.25) is 5.91 Å². The van der Waals surface area contributed by atoms with Crippen molar-refractivity contribution in [3.63, 3.8) is 0 Å². The van der Waals surface area contributed by atoms with E-state index < -0.39 is 5.82 Å². The second kappa shape index (κ2) is 8.92. The summed E-state index contributed by atoms with van der Waals surface area (Å²) in [5.41, 5.74) is 1.79. The SMILES string of the molecule is COc1ccc(CN(C)CC(=O)NCCc2nc3ccccc3s2)cc1F. The minimum atomic E-state index is -0.399. The number of hydrogen-bond acceptors (Lipinski definition) is 5. The number of hydrogen-bond donors (Lipinski definition) is 1. The van der Waals surface area contributed by atoms with E-state index in [9.17, 15) is 9.18 Å². The zero-order valence-corrected chi connectivity index (χ0v) is 16.2. The summed E-state index contributed by atoms with van der Waals surface area (Å²) in [4.78, 5) is 18.5. The van der Waals surface area contributed by atoms with Gasteiger partial charge in [0.15, 0.2) is 11.6 Å². The summed E-state index contributed by atoms with van der Waals surface area (Å²) in [7, 11) is 3.26. The summed E-state index contributed by atoms with van der Waals surface area (Å²) >= 11 is 1.65. The minimum absolute atomic E-state index is 0.0624. The molecule has 0 atom stereocenters. The van der Waals surface area contributed by atoms with Gasteiger partial charge in [0.05, 0.1) is 28.9 Å². The molecule has 0 saturated heterocycles. The lowest BCUT2D eigenvalue weighted by atomic mass is 10.2. The first kappa shape index (κ1) is 19.3. The molecule has 0 saturated carbocycles. The van der Waals surface area contributed by atoms with Crippen molar-refractivity contribution in [2.24, 2.45) is 0 Å². The number of nitrogens with zero attached hydrogens (tertiary/aromatic N) is 2. The van der Waals surface area contributed by atoms with Crippen LogP contribution in [0.2, 0.25) is 0 Å². The number of methoxy groups -OCH3 is 1. The molecular weight excluding hydrogens is 365 g/mol. The van der Waals surface area contributed by atoms with E-state index in [0.29, 0.717) is 19.5 Å². The number of halogens is 1. The first-order valence-corrected chi connectivity index (χ1v) is 9.49. The molecule has 3 rings (SSSR count). The Balaban J connectivity index is 1.43. The van der Waals surface area contributed by atoms with Crippen molar-refractivity contribution in [2.45, 2.75) is 13.0 Å². The van der Waals surface area contributed by atoms with Crippen LogP contribution in [0.1, 0.15) is 10.6 Å². The van der Waals surface area contributed by atoms with Gasteiger partial charge in [-0.05, 0) is 36.9 Å². The number of aromatic nitrogens is 1. The van der Waals surface area contributed by atoms with Gasteiger partial charge < -0.3 is 10.1 Å². The smallest absolute Gasteiger partial charge is 0.234 e. The predicted octanol–water partition coefficient (Wildman–Crippen LogP) is 3.23. The number of thiazole rings is 1. The van der Waals surface area contributed by atoms with Crippen LogP contribution in [0, 0.1) is 5.82 Å². The highest BCUT2D eigenvalue weighted by Gasteiger charge is 2.10. The van der Waals surface area contributed by atoms with E-state index in [1.54, 1.807) is 23.5 Å². The van der Waals surface area contributed by atoms with Crippen LogP contribution in [-0.2, 0) is 17.8 Å². The molecule has 0 aliphatic carbocycles. The third-order valence-electron chi connectivity index (χ3n) is 4.08. The molecule has 0 unspecified atom stereocenters. The lowest BCUT2D eigenvalue weighted by molar-refractivity contribution is -0.122. The van der Waals surface area contributed by atoms with Gasteiger partial charge in [-0.15, -0.1) is 11.3 Å². The summed E-state index contributed by atoms with van der Waals surface area (Å²) in [6, 6.07) is 12.8. The summed E-state index contributed by atoms with van der Waals surface area (Å²) in [6.45, 7) is 1.27. The maximum Gasteiger partial charge on any atom is 0.234 e. The molecule has 1 N–H and O–H groups in total. The molecule has 0 spiro atoms. The van der Waals surface area contributed by atoms with Crippen molar-refractivity contribution in [3.8, 4) is 5.75 Å². The lowest BCUT2D eigenvalue weighted by Crippen LogP contribution is -2.35. The predicted molar refractivity (Wildman–Crippen MR) is 106 cm³/mol. The Hall–Kier alpha value is -2.51. The molecule has 1 heterocycles. The van der Waals surface area contributed by atoms with Crippen LogP contribution in [-0.4, -0.2) is 43.0 Å². The summed E-state index contributed by atoms with van der Waals surface area (Å²) in [6.07, 6.45) is 0.707. The average Bonchev–Trinajstić information content (AvgIpc) is 3.04. The summed E-state index contributed by atoms with van der Waals surface area (Å²) < 4.78 is 19.8. The molecule has 0 fully saturated rings. The number of rotatable bonds is 8. The van der Waals surface area contributed by atoms with Crippen LogP contribution < -0.4 is 10.1 Å². The van der Waals surface area contributed by atoms with Gasteiger partial charge in [0, 0.05) is 19.5 Å². The number of likely N-dealkylation sites (N-methyl/N-ethyl adjacent to an activating group) is 1. The molecule has 1 amide bonds. The zero-order chi connectivity index (χ0) is 19.2. The van der Waals surface area contributed by atoms with Gasteiger partial charge in [-0.1, -0.05) is 18.2 Å². The van der Waals surface area contributed by atoms with Crippen LogP contribution >= 0.6 is 11.3 Å². The molecule has 7 heteroatoms. The molecular formula is C20H22FN3O2S. The first-order valence-electron chi connectivity index (χ1n) is 8.67. The molecule has 2 aromatic carbocycles. The normalized spacial score (nSPS) is 11.1. The number of carbonyl (C=O) groups excluding carboxylic acids is 1. The van der Waals surface area contributed by atoms with Gasteiger partial charge in [-0.3, -0.25) is 9.69 Å². The van der Waals surface area contributed by atoms with Gasteiger partial charge in [0.25, 0.3) is 0 Å². The third-order valence-corrected chi connectivity index (χ3v) is 5.18. The van der Waals surface area contributed by atoms with Crippen LogP contribution in [0.5, 0.6) is 5.75 Å². The summed E-state index contributed by atoms with van der Waals surface area (Å²) in [5, 5.41) is 3.93. The van der Waals surface area contributed by atoms with Crippen molar-refractivity contribution < 1.29 is 13.9 Å². The second-order valence-corrected chi connectivity index (χ2v) is 7.43. The van der Waals surface area contributed by atoms with Crippen molar-refractivity contribution in [3.05, 3.63) is 58.9 Å². The van der Waals surface area contributed by atoms with E-state index in [4.69, 9.17) is 4.74 Å². The molecule has 0 aliphatic rings. The van der Waals surface area contributed by atoms with Crippen LogP contribution in [0.15, 0.2) is 42.5 Å². The van der Waals surface area contributed by atoms with E-state index >= 15 is 0 Å². The molecule has 27 heavy (non-hydrogen) atoms. The highest BCUT2D eigenvalue weighted by molar-refractivity contribution is 7.18. The Morgan fingerprint density at radius 1 is 1.30 bits per heavy atom. The molecule has 0 bridgehead atoms. The van der Waals surface area contributed by atoms with Gasteiger partial charge in [0.1, 0.15) is 0 Å². The van der Waals surface area contributed by atoms with Crippen molar-refractivity contribution in [2.75, 3.05) is 27.2 Å². The van der Waals surface area contributed by atoms with Crippen molar-refractivity contribution in [1.29, 1.82) is 0 Å². The maximum atomic E-state index is 13.7. The van der Waals surface area contributed by atoms with Gasteiger partial charge in [-0.25, -0.2) is 9.37 Å². The number of ether oxygens (including phenoxy) is 1. The topological polar surface area (TPSA) is 54.5 Å². The van der Waals surface area contributed by atoms with E-state index in [1.165, 1.54) is 13.2 Å². The van der Waals surface area contributed by atoms with Gasteiger partial charge in [-0.2, -0.15) is 0 Å². The van der Waals surface area contributed by atoms with Crippen LogP contribution in [0.25, 0.3) is 10.2 Å². The van der Waals surface area contributed by atoms with E-state index in [2.05, 4.69) is 10.3 Å². The Morgan fingerprint density at radius 3 is 2.85 bits per heavy atom. The molecule has 1 aromatic heterocycles. The second-order valence-electron chi connectivity index (χ2n) is 6.32. The zero-order valence-electron chi connectivity index (χ0n) is 15.4. The Kier molecular flexibility index (Phi) is 6.36. The standard InChI is InChI=1S/C20H22FN3O2S/c1-24(12-14-7-8-17(26-2)15(21)11-14)13-19(25)22-10-9-20-23-16-5-3-4-6-18(16)27-20/h3-8,11H,9-10,12-13H2,1-2H3,(H,22,25). The molecule has 5 nitrogen and oxygen atoms in total. The van der Waals surface area contributed by atoms with E-state index in [1.807, 2.05) is 36.2 Å². The fourth-order valence-corrected chi connectivity index (χ4v) is 3.78. The fraction of sp³-hybridized carbons (Fsp3) is 0.300. The molecule has 0 aliphatic heterocycles. The lowest BCUT2D eigenvalue weighted by Gasteiger charge is -2.16. The Morgan fingerprint density at radius 2 is 2.11 bits per heavy atom. The Bertz CT molecular complexity index is 895. The average molecular weight is 387 g/mol. The fourth-order valence-electron chi connectivity index (χ4n) is 2.81. The molecule has 3 aromatic rings. The quantitative estimate of drug-likeness (QED) is 0.645. The maximum absolute atomic E-state index is 13.7. The highest BCUT2D eigenvalue weighted by Crippen LogP contribution is 2.21. The highest BCUT2D eigenvalue weighted by atomic mass is 32.1. The first-order chi connectivity index (χ1) is 13.0. The number of carbonyl (C=O) groups is 1. The largest absolute Gasteiger partial charge is 0.494 e. The number of para-hydroxylation sites is 1. The van der Waals surface area contributed by atoms with E-state index in [-0.39, 0.29) is 18.2 Å². The Labute approximate surface area is 161 Å². The van der Waals surface area contributed by atoms with Crippen molar-refractivity contribution >= 4 is 27.5 Å². The van der Waals surface area contributed by atoms with Crippen LogP contribution in [0.4, 0.5) is 4.39 Å². The number of benzene rings is 2. The van der Waals surface area contributed by atoms with Gasteiger partial charge >= 0.3 is 0 Å². The summed E-state index contributed by atoms with van der Waals surface area (Å²) in [5.74, 6) is -0.245. The third kappa shape index (κ3) is 5.24. The number of fused-ring (bicyclic) bond motifs is 1. The number of amides is 1. The van der Waals surface area contributed by atoms with Crippen molar-refractivity contribution in [1.82, 2.24) is 15.2 Å². The molecule has 0 radical (unpaired) electrons. The molecule has 142 valence electrons. The number of nitrogens with one attached hydrogen (secondary N) is 1. The van der Waals surface area contributed by atoms with Crippen LogP contribution in [0.3, 0.4) is 0 Å². The monoisotopic (exact) mass is 387 g/mol.